The quantitative estimate of drug-likeness (QED) is 0.143. The summed E-state index contributed by atoms with van der Waals surface area (Å²) < 4.78 is 42.0. The van der Waals surface area contributed by atoms with Crippen molar-refractivity contribution in [2.75, 3.05) is 13.1 Å². The van der Waals surface area contributed by atoms with Gasteiger partial charge in [0.25, 0.3) is 0 Å². The Balaban J connectivity index is 1.25. The minimum absolute atomic E-state index is 0.000510. The fourth-order valence-corrected chi connectivity index (χ4v) is 7.99. The van der Waals surface area contributed by atoms with E-state index in [1.165, 1.54) is 25.7 Å². The maximum atomic E-state index is 12.8. The Morgan fingerprint density at radius 3 is 2.27 bits per heavy atom. The lowest BCUT2D eigenvalue weighted by atomic mass is 9.89. The number of hydrogen-bond donors (Lipinski definition) is 2. The van der Waals surface area contributed by atoms with Gasteiger partial charge in [-0.3, -0.25) is 4.90 Å². The minimum atomic E-state index is -3.62. The van der Waals surface area contributed by atoms with Crippen LogP contribution in [0.5, 0.6) is 0 Å². The van der Waals surface area contributed by atoms with Crippen LogP contribution in [0.25, 0.3) is 11.1 Å². The van der Waals surface area contributed by atoms with E-state index in [0.717, 1.165) is 46.5 Å². The van der Waals surface area contributed by atoms with Crippen molar-refractivity contribution in [2.45, 2.75) is 75.2 Å². The number of aliphatic hydroxyl groups is 1. The third-order valence-corrected chi connectivity index (χ3v) is 11.1. The van der Waals surface area contributed by atoms with E-state index in [-0.39, 0.29) is 36.2 Å². The van der Waals surface area contributed by atoms with Crippen LogP contribution in [0.2, 0.25) is 0 Å². The van der Waals surface area contributed by atoms with E-state index in [4.69, 9.17) is 9.47 Å². The molecule has 0 unspecified atom stereocenters. The maximum Gasteiger partial charge on any atom is 0.240 e. The van der Waals surface area contributed by atoms with Crippen molar-refractivity contribution in [1.29, 1.82) is 0 Å². The molecule has 1 aliphatic carbocycles. The molecular weight excluding hydrogens is 621 g/mol. The molecule has 4 atom stereocenters. The number of aliphatic hydroxyl groups excluding tert-OH is 1. The van der Waals surface area contributed by atoms with Gasteiger partial charge in [0.15, 0.2) is 6.29 Å². The molecule has 6 rings (SSSR count). The highest BCUT2D eigenvalue weighted by atomic mass is 32.2. The molecule has 0 bridgehead atoms. The van der Waals surface area contributed by atoms with Crippen molar-refractivity contribution < 1.29 is 23.0 Å². The molecule has 7 nitrogen and oxygen atoms in total. The largest absolute Gasteiger partial charge is 0.392 e. The third-order valence-electron chi connectivity index (χ3n) is 9.68. The highest BCUT2D eigenvalue weighted by molar-refractivity contribution is 7.89. The zero-order valence-corrected chi connectivity index (χ0v) is 28.4. The lowest BCUT2D eigenvalue weighted by Crippen LogP contribution is -2.47. The fourth-order valence-electron chi connectivity index (χ4n) is 6.95. The molecule has 0 aromatic heterocycles. The van der Waals surface area contributed by atoms with E-state index in [1.807, 2.05) is 54.6 Å². The Hall–Kier alpha value is -3.63. The molecule has 1 aliphatic heterocycles. The molecule has 48 heavy (non-hydrogen) atoms. The van der Waals surface area contributed by atoms with E-state index in [2.05, 4.69) is 47.4 Å². The van der Waals surface area contributed by atoms with Gasteiger partial charge in [0.1, 0.15) is 0 Å². The zero-order valence-electron chi connectivity index (χ0n) is 27.6. The maximum absolute atomic E-state index is 12.8. The van der Waals surface area contributed by atoms with Crippen molar-refractivity contribution in [2.24, 2.45) is 5.92 Å². The van der Waals surface area contributed by atoms with E-state index in [9.17, 15) is 13.5 Å². The Kier molecular flexibility index (Phi) is 11.2. The summed E-state index contributed by atoms with van der Waals surface area (Å²) >= 11 is 0. The third kappa shape index (κ3) is 8.14. The monoisotopic (exact) mass is 666 g/mol. The SMILES string of the molecule is C=CCN(C[C@@H]1O[C@H](c2cccc(-c3cccc(CNS(=O)(=O)c4ccccc4)c3)c2)O[C@H](c2ccc(CO)cc2)[C@@H]1C)C1CCCC1. The van der Waals surface area contributed by atoms with Gasteiger partial charge in [-0.2, -0.15) is 0 Å². The Morgan fingerprint density at radius 2 is 1.56 bits per heavy atom. The highest BCUT2D eigenvalue weighted by Crippen LogP contribution is 2.43. The molecule has 0 amide bonds. The molecule has 252 valence electrons. The van der Waals surface area contributed by atoms with Crippen LogP contribution in [0, 0.1) is 5.92 Å². The van der Waals surface area contributed by atoms with Gasteiger partial charge in [0.2, 0.25) is 10.0 Å². The number of sulfonamides is 1. The van der Waals surface area contributed by atoms with Gasteiger partial charge in [0, 0.05) is 37.2 Å². The first-order chi connectivity index (χ1) is 23.3. The second-order valence-electron chi connectivity index (χ2n) is 13.0. The predicted octanol–water partition coefficient (Wildman–Crippen LogP) is 7.55. The summed E-state index contributed by atoms with van der Waals surface area (Å²) in [6.07, 6.45) is 6.08. The van der Waals surface area contributed by atoms with Gasteiger partial charge in [-0.15, -0.1) is 6.58 Å². The van der Waals surface area contributed by atoms with Gasteiger partial charge in [-0.25, -0.2) is 13.1 Å². The predicted molar refractivity (Wildman–Crippen MR) is 189 cm³/mol. The molecule has 2 N–H and O–H groups in total. The normalized spacial score (nSPS) is 21.8. The Bertz CT molecular complexity index is 1760. The first kappa shape index (κ1) is 34.2. The van der Waals surface area contributed by atoms with Gasteiger partial charge >= 0.3 is 0 Å². The van der Waals surface area contributed by atoms with Crippen LogP contribution in [0.3, 0.4) is 0 Å². The molecule has 4 aromatic carbocycles. The lowest BCUT2D eigenvalue weighted by molar-refractivity contribution is -0.276. The summed E-state index contributed by atoms with van der Waals surface area (Å²) in [6, 6.07) is 33.1. The summed E-state index contributed by atoms with van der Waals surface area (Å²) in [4.78, 5) is 2.77. The number of benzene rings is 4. The van der Waals surface area contributed by atoms with Gasteiger partial charge < -0.3 is 14.6 Å². The molecule has 1 saturated carbocycles. The number of hydrogen-bond acceptors (Lipinski definition) is 6. The highest BCUT2D eigenvalue weighted by Gasteiger charge is 2.40. The second kappa shape index (κ2) is 15.7. The van der Waals surface area contributed by atoms with Gasteiger partial charge in [0.05, 0.1) is 23.7 Å². The lowest BCUT2D eigenvalue weighted by Gasteiger charge is -2.43. The summed E-state index contributed by atoms with van der Waals surface area (Å²) in [7, 11) is -3.62. The van der Waals surface area contributed by atoms with Crippen molar-refractivity contribution in [1.82, 2.24) is 9.62 Å². The Labute approximate surface area is 285 Å². The first-order valence-electron chi connectivity index (χ1n) is 16.9. The van der Waals surface area contributed by atoms with Gasteiger partial charge in [-0.1, -0.05) is 105 Å². The molecule has 1 saturated heterocycles. The molecular formula is C40H46N2O5S. The average molecular weight is 667 g/mol. The van der Waals surface area contributed by atoms with Crippen molar-refractivity contribution in [3.8, 4) is 11.1 Å². The van der Waals surface area contributed by atoms with Crippen LogP contribution in [-0.2, 0) is 32.6 Å². The number of ether oxygens (including phenoxy) is 2. The fraction of sp³-hybridized carbons (Fsp3) is 0.350. The van der Waals surface area contributed by atoms with Crippen LogP contribution in [0.4, 0.5) is 0 Å². The smallest absolute Gasteiger partial charge is 0.240 e. The molecule has 1 heterocycles. The molecule has 4 aromatic rings. The average Bonchev–Trinajstić information content (AvgIpc) is 3.67. The van der Waals surface area contributed by atoms with Crippen molar-refractivity contribution in [3.05, 3.63) is 138 Å². The summed E-state index contributed by atoms with van der Waals surface area (Å²) in [5.74, 6) is 0.0921. The number of nitrogens with zero attached hydrogens (tertiary/aromatic N) is 1. The second-order valence-corrected chi connectivity index (χ2v) is 14.7. The van der Waals surface area contributed by atoms with Gasteiger partial charge in [-0.05, 0) is 64.9 Å². The summed E-state index contributed by atoms with van der Waals surface area (Å²) in [5, 5.41) is 9.63. The number of nitrogens with one attached hydrogen (secondary N) is 1. The van der Waals surface area contributed by atoms with Crippen LogP contribution in [0.15, 0.2) is 121 Å². The van der Waals surface area contributed by atoms with E-state index in [1.54, 1.807) is 30.3 Å². The minimum Gasteiger partial charge on any atom is -0.392 e. The van der Waals surface area contributed by atoms with Crippen LogP contribution in [-0.4, -0.2) is 43.7 Å². The van der Waals surface area contributed by atoms with Crippen LogP contribution >= 0.6 is 0 Å². The topological polar surface area (TPSA) is 88.1 Å². The number of rotatable bonds is 13. The molecule has 2 aliphatic rings. The standard InChI is InChI=1S/C40H46N2O5S/c1-3-23-42(36-15-7-8-16-36)27-38-29(2)39(32-21-19-30(28-43)20-22-32)47-40(46-38)35-14-10-13-34(25-35)33-12-9-11-31(24-33)26-41-48(44,45)37-17-5-4-6-18-37/h3-6,9-14,17-22,24-25,29,36,38-41,43H,1,7-8,15-16,23,26-28H2,2H3/t29-,38+,39+,40+/m1/s1. The van der Waals surface area contributed by atoms with E-state index < -0.39 is 16.3 Å². The van der Waals surface area contributed by atoms with Crippen LogP contribution in [0.1, 0.15) is 67.3 Å². The summed E-state index contributed by atoms with van der Waals surface area (Å²) in [6.45, 7) is 8.05. The van der Waals surface area contributed by atoms with E-state index in [0.29, 0.717) is 6.04 Å². The van der Waals surface area contributed by atoms with Crippen molar-refractivity contribution >= 4 is 10.0 Å². The molecule has 0 spiro atoms. The Morgan fingerprint density at radius 1 is 0.854 bits per heavy atom. The molecule has 0 radical (unpaired) electrons. The molecule has 8 heteroatoms. The van der Waals surface area contributed by atoms with Crippen LogP contribution < -0.4 is 4.72 Å². The molecule has 2 fully saturated rings. The zero-order chi connectivity index (χ0) is 33.5. The van der Waals surface area contributed by atoms with Crippen molar-refractivity contribution in [3.63, 3.8) is 0 Å². The van der Waals surface area contributed by atoms with E-state index >= 15 is 0 Å². The first-order valence-corrected chi connectivity index (χ1v) is 18.4. The summed E-state index contributed by atoms with van der Waals surface area (Å²) in [5.41, 5.74) is 5.68.